The number of anilines is 1. The first-order chi connectivity index (χ1) is 18.4. The summed E-state index contributed by atoms with van der Waals surface area (Å²) < 4.78 is 12.1. The quantitative estimate of drug-likeness (QED) is 0.170. The van der Waals surface area contributed by atoms with E-state index in [9.17, 15) is 9.59 Å². The Labute approximate surface area is 226 Å². The van der Waals surface area contributed by atoms with Gasteiger partial charge in [0.15, 0.2) is 0 Å². The van der Waals surface area contributed by atoms with E-state index in [0.717, 1.165) is 41.5 Å². The van der Waals surface area contributed by atoms with Crippen molar-refractivity contribution >= 4 is 40.1 Å². The van der Waals surface area contributed by atoms with Crippen molar-refractivity contribution < 1.29 is 23.8 Å². The molecule has 0 saturated heterocycles. The highest BCUT2D eigenvalue weighted by atomic mass is 35.5. The molecule has 1 unspecified atom stereocenters. The molecule has 0 aliphatic carbocycles. The number of amides is 1. The van der Waals surface area contributed by atoms with Crippen LogP contribution in [-0.4, -0.2) is 36.2 Å². The summed E-state index contributed by atoms with van der Waals surface area (Å²) in [5, 5.41) is 16.4. The fourth-order valence-corrected chi connectivity index (χ4v) is 4.35. The second-order valence-corrected chi connectivity index (χ2v) is 9.47. The van der Waals surface area contributed by atoms with Crippen LogP contribution < -0.4 is 15.4 Å². The van der Waals surface area contributed by atoms with E-state index in [4.69, 9.17) is 25.9 Å². The summed E-state index contributed by atoms with van der Waals surface area (Å²) in [5.41, 5.74) is 2.97. The Bertz CT molecular complexity index is 1350. The summed E-state index contributed by atoms with van der Waals surface area (Å²) in [6, 6.07) is 22.6. The zero-order chi connectivity index (χ0) is 26.9. The number of hydrogen-bond acceptors (Lipinski definition) is 5. The summed E-state index contributed by atoms with van der Waals surface area (Å²) in [4.78, 5) is 22.8. The molecule has 8 heteroatoms. The van der Waals surface area contributed by atoms with Gasteiger partial charge < -0.3 is 24.9 Å². The molecule has 1 atom stereocenters. The average molecular weight is 535 g/mol. The lowest BCUT2D eigenvalue weighted by Crippen LogP contribution is -2.27. The zero-order valence-corrected chi connectivity index (χ0v) is 22.0. The Morgan fingerprint density at radius 3 is 2.55 bits per heavy atom. The predicted octanol–water partition coefficient (Wildman–Crippen LogP) is 7.01. The third-order valence-electron chi connectivity index (χ3n) is 6.13. The van der Waals surface area contributed by atoms with E-state index in [0.29, 0.717) is 28.7 Å². The van der Waals surface area contributed by atoms with Crippen molar-refractivity contribution in [3.05, 3.63) is 83.4 Å². The molecule has 0 radical (unpaired) electrons. The Hall–Kier alpha value is -3.97. The van der Waals surface area contributed by atoms with Crippen LogP contribution in [0, 0.1) is 0 Å². The first-order valence-electron chi connectivity index (χ1n) is 12.7. The number of carboxylic acids is 1. The Morgan fingerprint density at radius 2 is 1.84 bits per heavy atom. The van der Waals surface area contributed by atoms with Gasteiger partial charge in [0.25, 0.3) is 5.91 Å². The Morgan fingerprint density at radius 1 is 1.05 bits per heavy atom. The molecule has 3 N–H and O–H groups in total. The number of unbranched alkanes of at least 4 members (excludes halogenated alkanes) is 1. The lowest BCUT2D eigenvalue weighted by Gasteiger charge is -2.21. The topological polar surface area (TPSA) is 101 Å². The van der Waals surface area contributed by atoms with E-state index >= 15 is 0 Å². The van der Waals surface area contributed by atoms with Crippen LogP contribution in [0.5, 0.6) is 5.75 Å². The van der Waals surface area contributed by atoms with Gasteiger partial charge in [-0.05, 0) is 61.0 Å². The van der Waals surface area contributed by atoms with Gasteiger partial charge in [-0.2, -0.15) is 0 Å². The van der Waals surface area contributed by atoms with E-state index in [1.807, 2.05) is 54.6 Å². The third kappa shape index (κ3) is 7.29. The number of fused-ring (bicyclic) bond motifs is 1. The molecular weight excluding hydrogens is 504 g/mol. The van der Waals surface area contributed by atoms with E-state index in [1.54, 1.807) is 18.2 Å². The number of carboxylic acid groups (broad SMARTS) is 1. The van der Waals surface area contributed by atoms with Gasteiger partial charge in [-0.3, -0.25) is 9.59 Å². The van der Waals surface area contributed by atoms with Crippen LogP contribution in [0.3, 0.4) is 0 Å². The molecule has 1 amide bonds. The number of halogens is 1. The second kappa shape index (κ2) is 13.0. The highest BCUT2D eigenvalue weighted by Crippen LogP contribution is 2.34. The van der Waals surface area contributed by atoms with E-state index < -0.39 is 5.97 Å². The normalized spacial score (nSPS) is 11.7. The minimum Gasteiger partial charge on any atom is -0.491 e. The molecule has 4 aromatic rings. The molecule has 0 aliphatic heterocycles. The largest absolute Gasteiger partial charge is 0.491 e. The van der Waals surface area contributed by atoms with Gasteiger partial charge in [-0.25, -0.2) is 0 Å². The lowest BCUT2D eigenvalue weighted by atomic mass is 10.1. The summed E-state index contributed by atoms with van der Waals surface area (Å²) in [5.74, 6) is 0.136. The number of furan rings is 1. The van der Waals surface area contributed by atoms with Crippen molar-refractivity contribution in [1.82, 2.24) is 5.32 Å². The first-order valence-corrected chi connectivity index (χ1v) is 13.1. The monoisotopic (exact) mass is 534 g/mol. The van der Waals surface area contributed by atoms with Gasteiger partial charge in [0.2, 0.25) is 0 Å². The molecule has 1 aromatic heterocycles. The van der Waals surface area contributed by atoms with Crippen LogP contribution in [-0.2, 0) is 4.79 Å². The smallest absolute Gasteiger partial charge is 0.305 e. The molecule has 0 aliphatic rings. The number of hydrogen-bond donors (Lipinski definition) is 3. The molecule has 1 heterocycles. The van der Waals surface area contributed by atoms with Gasteiger partial charge in [0, 0.05) is 28.7 Å². The zero-order valence-electron chi connectivity index (χ0n) is 21.2. The maximum absolute atomic E-state index is 12.2. The minimum absolute atomic E-state index is 0.0546. The molecule has 7 nitrogen and oxygen atoms in total. The minimum atomic E-state index is -0.949. The van der Waals surface area contributed by atoms with Crippen molar-refractivity contribution in [2.24, 2.45) is 0 Å². The fraction of sp³-hybridized carbons (Fsp3) is 0.267. The number of carbonyl (C=O) groups is 2. The number of para-hydroxylation sites is 1. The molecule has 38 heavy (non-hydrogen) atoms. The summed E-state index contributed by atoms with van der Waals surface area (Å²) in [6.45, 7) is 2.68. The molecule has 198 valence electrons. The molecule has 0 bridgehead atoms. The highest BCUT2D eigenvalue weighted by Gasteiger charge is 2.14. The fourth-order valence-electron chi connectivity index (χ4n) is 4.08. The van der Waals surface area contributed by atoms with E-state index in [2.05, 4.69) is 17.6 Å². The van der Waals surface area contributed by atoms with Gasteiger partial charge >= 0.3 is 5.97 Å². The van der Waals surface area contributed by atoms with Crippen LogP contribution in [0.4, 0.5) is 5.69 Å². The van der Waals surface area contributed by atoms with E-state index in [-0.39, 0.29) is 24.9 Å². The Kier molecular flexibility index (Phi) is 9.27. The van der Waals surface area contributed by atoms with Crippen LogP contribution in [0.1, 0.15) is 43.0 Å². The number of rotatable bonds is 13. The predicted molar refractivity (Wildman–Crippen MR) is 150 cm³/mol. The number of nitrogens with one attached hydrogen (secondary N) is 2. The van der Waals surface area contributed by atoms with E-state index in [1.165, 1.54) is 0 Å². The maximum atomic E-state index is 12.2. The molecule has 4 rings (SSSR count). The van der Waals surface area contributed by atoms with Gasteiger partial charge in [0.05, 0.1) is 17.5 Å². The average Bonchev–Trinajstić information content (AvgIpc) is 3.34. The standard InChI is InChI=1S/C30H31ClN2O5/c1-2-3-7-23(33-22-11-9-20(10-12-22)30(36)32-16-15-29(34)35)19-37-24-13-14-25(26(31)18-24)28-17-21-6-4-5-8-27(21)38-28/h4-6,8-14,17-18,23,33H,2-3,7,15-16,19H2,1H3,(H,32,36)(H,34,35). The number of benzene rings is 3. The van der Waals surface area contributed by atoms with Gasteiger partial charge in [-0.1, -0.05) is 49.6 Å². The molecule has 3 aromatic carbocycles. The molecular formula is C30H31ClN2O5. The SMILES string of the molecule is CCCCC(COc1ccc(-c2cc3ccccc3o2)c(Cl)c1)Nc1ccc(C(=O)NCCC(=O)O)cc1. The second-order valence-electron chi connectivity index (χ2n) is 9.06. The lowest BCUT2D eigenvalue weighted by molar-refractivity contribution is -0.136. The summed E-state index contributed by atoms with van der Waals surface area (Å²) >= 11 is 6.59. The van der Waals surface area contributed by atoms with Crippen molar-refractivity contribution in [3.63, 3.8) is 0 Å². The van der Waals surface area contributed by atoms with Crippen molar-refractivity contribution in [2.75, 3.05) is 18.5 Å². The van der Waals surface area contributed by atoms with Gasteiger partial charge in [0.1, 0.15) is 23.7 Å². The summed E-state index contributed by atoms with van der Waals surface area (Å²) in [6.07, 6.45) is 2.90. The van der Waals surface area contributed by atoms with Crippen molar-refractivity contribution in [3.8, 4) is 17.1 Å². The third-order valence-corrected chi connectivity index (χ3v) is 6.44. The van der Waals surface area contributed by atoms with Crippen molar-refractivity contribution in [2.45, 2.75) is 38.6 Å². The number of aliphatic carboxylic acids is 1. The van der Waals surface area contributed by atoms with Crippen LogP contribution >= 0.6 is 11.6 Å². The number of ether oxygens (including phenoxy) is 1. The van der Waals surface area contributed by atoms with Crippen LogP contribution in [0.15, 0.2) is 77.2 Å². The summed E-state index contributed by atoms with van der Waals surface area (Å²) in [7, 11) is 0. The Balaban J connectivity index is 1.36. The molecule has 0 spiro atoms. The molecule has 0 saturated carbocycles. The maximum Gasteiger partial charge on any atom is 0.305 e. The first kappa shape index (κ1) is 27.1. The molecule has 0 fully saturated rings. The van der Waals surface area contributed by atoms with Crippen LogP contribution in [0.25, 0.3) is 22.3 Å². The highest BCUT2D eigenvalue weighted by molar-refractivity contribution is 6.33. The van der Waals surface area contributed by atoms with Crippen molar-refractivity contribution in [1.29, 1.82) is 0 Å². The number of carbonyl (C=O) groups excluding carboxylic acids is 1. The van der Waals surface area contributed by atoms with Crippen LogP contribution in [0.2, 0.25) is 5.02 Å². The van der Waals surface area contributed by atoms with Gasteiger partial charge in [-0.15, -0.1) is 0 Å².